The second kappa shape index (κ2) is 2.99. The summed E-state index contributed by atoms with van der Waals surface area (Å²) in [6.45, 7) is 3.79. The van der Waals surface area contributed by atoms with Gasteiger partial charge in [0.1, 0.15) is 11.6 Å². The Bertz CT molecular complexity index is 233. The smallest absolute Gasteiger partial charge is 0.126 e. The van der Waals surface area contributed by atoms with Crippen molar-refractivity contribution in [3.05, 3.63) is 35.4 Å². The van der Waals surface area contributed by atoms with E-state index < -0.39 is 11.6 Å². The Morgan fingerprint density at radius 3 is 1.82 bits per heavy atom. The van der Waals surface area contributed by atoms with Crippen molar-refractivity contribution in [3.8, 4) is 0 Å². The molecule has 0 saturated heterocycles. The molecule has 0 N–H and O–H groups in total. The third-order valence-electron chi connectivity index (χ3n) is 1.55. The number of halogens is 2. The zero-order chi connectivity index (χ0) is 8.43. The molecular weight excluding hydrogens is 146 g/mol. The van der Waals surface area contributed by atoms with Crippen LogP contribution in [0.5, 0.6) is 0 Å². The maximum absolute atomic E-state index is 12.5. The summed E-state index contributed by atoms with van der Waals surface area (Å²) >= 11 is 0. The fourth-order valence-corrected chi connectivity index (χ4v) is 0.908. The topological polar surface area (TPSA) is 0 Å². The van der Waals surface area contributed by atoms with E-state index in [1.807, 2.05) is 13.8 Å². The monoisotopic (exact) mass is 156 g/mol. The molecule has 0 amide bonds. The van der Waals surface area contributed by atoms with Crippen molar-refractivity contribution in [2.75, 3.05) is 0 Å². The van der Waals surface area contributed by atoms with Crippen molar-refractivity contribution in [1.82, 2.24) is 0 Å². The highest BCUT2D eigenvalue weighted by molar-refractivity contribution is 5.20. The number of hydrogen-bond donors (Lipinski definition) is 0. The van der Waals surface area contributed by atoms with Crippen LogP contribution in [-0.4, -0.2) is 0 Å². The predicted octanol–water partition coefficient (Wildman–Crippen LogP) is 3.09. The van der Waals surface area contributed by atoms with Crippen molar-refractivity contribution in [2.45, 2.75) is 19.8 Å². The molecule has 1 aromatic carbocycles. The Hall–Kier alpha value is -0.920. The van der Waals surface area contributed by atoms with Gasteiger partial charge in [-0.15, -0.1) is 0 Å². The van der Waals surface area contributed by atoms with Crippen LogP contribution in [0.4, 0.5) is 8.78 Å². The van der Waals surface area contributed by atoms with Crippen molar-refractivity contribution in [1.29, 1.82) is 0 Å². The number of benzene rings is 1. The SMILES string of the molecule is CC(C)c1cc(F)cc(F)c1. The van der Waals surface area contributed by atoms with Crippen LogP contribution in [0.1, 0.15) is 25.3 Å². The summed E-state index contributed by atoms with van der Waals surface area (Å²) in [5.41, 5.74) is 0.697. The van der Waals surface area contributed by atoms with E-state index in [0.717, 1.165) is 6.07 Å². The van der Waals surface area contributed by atoms with Gasteiger partial charge >= 0.3 is 0 Å². The Labute approximate surface area is 64.9 Å². The van der Waals surface area contributed by atoms with Crippen LogP contribution in [0, 0.1) is 11.6 Å². The lowest BCUT2D eigenvalue weighted by molar-refractivity contribution is 0.577. The first-order valence-electron chi connectivity index (χ1n) is 3.55. The minimum absolute atomic E-state index is 0.167. The van der Waals surface area contributed by atoms with E-state index in [-0.39, 0.29) is 5.92 Å². The summed E-state index contributed by atoms with van der Waals surface area (Å²) in [6, 6.07) is 3.59. The summed E-state index contributed by atoms with van der Waals surface area (Å²) in [6.07, 6.45) is 0. The Kier molecular flexibility index (Phi) is 2.22. The molecule has 60 valence electrons. The second-order valence-corrected chi connectivity index (χ2v) is 2.86. The first-order chi connectivity index (χ1) is 5.09. The molecule has 1 rings (SSSR count). The lowest BCUT2D eigenvalue weighted by atomic mass is 10.0. The van der Waals surface area contributed by atoms with Crippen molar-refractivity contribution < 1.29 is 8.78 Å². The van der Waals surface area contributed by atoms with Crippen LogP contribution in [0.25, 0.3) is 0 Å². The van der Waals surface area contributed by atoms with Crippen LogP contribution in [0.2, 0.25) is 0 Å². The molecule has 0 aliphatic rings. The molecule has 0 spiro atoms. The fourth-order valence-electron chi connectivity index (χ4n) is 0.908. The standard InChI is InChI=1S/C9H10F2/c1-6(2)7-3-8(10)5-9(11)4-7/h3-6H,1-2H3. The van der Waals surface area contributed by atoms with Gasteiger partial charge in [0.2, 0.25) is 0 Å². The molecule has 0 unspecified atom stereocenters. The molecule has 0 fully saturated rings. The largest absolute Gasteiger partial charge is 0.207 e. The van der Waals surface area contributed by atoms with Crippen LogP contribution in [0.3, 0.4) is 0 Å². The van der Waals surface area contributed by atoms with E-state index in [9.17, 15) is 8.78 Å². The van der Waals surface area contributed by atoms with Crippen LogP contribution in [0.15, 0.2) is 18.2 Å². The summed E-state index contributed by atoms with van der Waals surface area (Å²) in [5, 5.41) is 0. The van der Waals surface area contributed by atoms with Gasteiger partial charge in [0.15, 0.2) is 0 Å². The molecular formula is C9H10F2. The highest BCUT2D eigenvalue weighted by Gasteiger charge is 2.02. The molecule has 0 atom stereocenters. The highest BCUT2D eigenvalue weighted by atomic mass is 19.1. The Morgan fingerprint density at radius 2 is 1.45 bits per heavy atom. The minimum atomic E-state index is -0.506. The van der Waals surface area contributed by atoms with Gasteiger partial charge in [-0.3, -0.25) is 0 Å². The van der Waals surface area contributed by atoms with Gasteiger partial charge in [0.25, 0.3) is 0 Å². The van der Waals surface area contributed by atoms with Gasteiger partial charge in [-0.25, -0.2) is 8.78 Å². The van der Waals surface area contributed by atoms with Gasteiger partial charge in [-0.1, -0.05) is 13.8 Å². The van der Waals surface area contributed by atoms with Crippen molar-refractivity contribution in [3.63, 3.8) is 0 Å². The summed E-state index contributed by atoms with van der Waals surface area (Å²) in [7, 11) is 0. The van der Waals surface area contributed by atoms with E-state index in [1.165, 1.54) is 12.1 Å². The van der Waals surface area contributed by atoms with Crippen LogP contribution in [-0.2, 0) is 0 Å². The third kappa shape index (κ3) is 2.00. The third-order valence-corrected chi connectivity index (χ3v) is 1.55. The predicted molar refractivity (Wildman–Crippen MR) is 40.4 cm³/mol. The van der Waals surface area contributed by atoms with Gasteiger partial charge in [-0.2, -0.15) is 0 Å². The fraction of sp³-hybridized carbons (Fsp3) is 0.333. The Morgan fingerprint density at radius 1 is 1.00 bits per heavy atom. The van der Waals surface area contributed by atoms with Gasteiger partial charge < -0.3 is 0 Å². The molecule has 0 radical (unpaired) electrons. The molecule has 0 saturated carbocycles. The summed E-state index contributed by atoms with van der Waals surface area (Å²) in [5.74, 6) is -0.845. The second-order valence-electron chi connectivity index (χ2n) is 2.86. The zero-order valence-corrected chi connectivity index (χ0v) is 6.57. The molecule has 0 aromatic heterocycles. The molecule has 0 nitrogen and oxygen atoms in total. The average molecular weight is 156 g/mol. The summed E-state index contributed by atoms with van der Waals surface area (Å²) in [4.78, 5) is 0. The van der Waals surface area contributed by atoms with Crippen LogP contribution < -0.4 is 0 Å². The number of hydrogen-bond acceptors (Lipinski definition) is 0. The first kappa shape index (κ1) is 8.18. The minimum Gasteiger partial charge on any atom is -0.207 e. The number of rotatable bonds is 1. The van der Waals surface area contributed by atoms with Gasteiger partial charge in [0.05, 0.1) is 0 Å². The van der Waals surface area contributed by atoms with Gasteiger partial charge in [0, 0.05) is 6.07 Å². The summed E-state index contributed by atoms with van der Waals surface area (Å²) < 4.78 is 25.1. The molecule has 11 heavy (non-hydrogen) atoms. The van der Waals surface area contributed by atoms with E-state index in [2.05, 4.69) is 0 Å². The molecule has 1 aromatic rings. The lowest BCUT2D eigenvalue weighted by Crippen LogP contribution is -1.90. The lowest BCUT2D eigenvalue weighted by Gasteiger charge is -2.04. The maximum atomic E-state index is 12.5. The Balaban J connectivity index is 3.08. The average Bonchev–Trinajstić information content (AvgIpc) is 1.85. The quantitative estimate of drug-likeness (QED) is 0.586. The molecule has 2 heteroatoms. The van der Waals surface area contributed by atoms with Crippen molar-refractivity contribution >= 4 is 0 Å². The van der Waals surface area contributed by atoms with Gasteiger partial charge in [-0.05, 0) is 23.6 Å². The highest BCUT2D eigenvalue weighted by Crippen LogP contribution is 2.16. The van der Waals surface area contributed by atoms with E-state index in [0.29, 0.717) is 5.56 Å². The zero-order valence-electron chi connectivity index (χ0n) is 6.57. The molecule has 0 bridgehead atoms. The normalized spacial score (nSPS) is 10.6. The van der Waals surface area contributed by atoms with E-state index in [4.69, 9.17) is 0 Å². The van der Waals surface area contributed by atoms with Crippen molar-refractivity contribution in [2.24, 2.45) is 0 Å². The van der Waals surface area contributed by atoms with Crippen LogP contribution >= 0.6 is 0 Å². The maximum Gasteiger partial charge on any atom is 0.126 e. The molecule has 0 aliphatic carbocycles. The van der Waals surface area contributed by atoms with E-state index >= 15 is 0 Å². The molecule has 0 heterocycles. The van der Waals surface area contributed by atoms with E-state index in [1.54, 1.807) is 0 Å². The molecule has 0 aliphatic heterocycles. The first-order valence-corrected chi connectivity index (χ1v) is 3.55.